The van der Waals surface area contributed by atoms with E-state index in [9.17, 15) is 0 Å². The van der Waals surface area contributed by atoms with Crippen LogP contribution < -0.4 is 4.68 Å². The summed E-state index contributed by atoms with van der Waals surface area (Å²) in [7, 11) is 0. The van der Waals surface area contributed by atoms with Crippen LogP contribution in [0.15, 0.2) is 42.9 Å². The minimum absolute atomic E-state index is 0.977. The summed E-state index contributed by atoms with van der Waals surface area (Å²) in [5, 5.41) is 4.11. The molecule has 54 valence electrons. The standard InChI is InChI=1S/C8H8N3/c1-2-7-11(10-6-1)8-4-3-5-9-8/h1-7,9H/q+1. The zero-order valence-corrected chi connectivity index (χ0v) is 5.94. The van der Waals surface area contributed by atoms with Crippen molar-refractivity contribution in [3.63, 3.8) is 0 Å². The Morgan fingerprint density at radius 2 is 2.27 bits per heavy atom. The summed E-state index contributed by atoms with van der Waals surface area (Å²) in [6.07, 6.45) is 5.52. The van der Waals surface area contributed by atoms with E-state index in [0.29, 0.717) is 0 Å². The van der Waals surface area contributed by atoms with Gasteiger partial charge in [0.25, 0.3) is 0 Å². The number of hydrogen-bond acceptors (Lipinski definition) is 1. The minimum Gasteiger partial charge on any atom is -0.245 e. The first-order valence-corrected chi connectivity index (χ1v) is 3.43. The van der Waals surface area contributed by atoms with Gasteiger partial charge in [-0.15, -0.1) is 4.68 Å². The molecule has 3 heteroatoms. The molecule has 0 aliphatic carbocycles. The number of aromatic nitrogens is 3. The molecule has 0 radical (unpaired) electrons. The molecule has 0 saturated carbocycles. The van der Waals surface area contributed by atoms with Gasteiger partial charge in [0, 0.05) is 6.07 Å². The monoisotopic (exact) mass is 146 g/mol. The normalized spacial score (nSPS) is 9.82. The molecule has 2 rings (SSSR count). The van der Waals surface area contributed by atoms with E-state index in [2.05, 4.69) is 10.1 Å². The van der Waals surface area contributed by atoms with Crippen LogP contribution in [0.1, 0.15) is 0 Å². The fraction of sp³-hybridized carbons (Fsp3) is 0. The Balaban J connectivity index is 2.46. The molecule has 0 unspecified atom stereocenters. The molecule has 0 saturated heterocycles. The Morgan fingerprint density at radius 3 is 2.91 bits per heavy atom. The molecule has 0 aliphatic rings. The summed E-state index contributed by atoms with van der Waals surface area (Å²) in [5.74, 6) is 0.977. The van der Waals surface area contributed by atoms with Gasteiger partial charge in [0.15, 0.2) is 0 Å². The van der Waals surface area contributed by atoms with E-state index < -0.39 is 0 Å². The lowest BCUT2D eigenvalue weighted by atomic mass is 10.5. The first kappa shape index (κ1) is 6.09. The van der Waals surface area contributed by atoms with Crippen LogP contribution in [0.25, 0.3) is 5.82 Å². The Kier molecular flexibility index (Phi) is 1.41. The highest BCUT2D eigenvalue weighted by Crippen LogP contribution is 1.90. The second-order valence-corrected chi connectivity index (χ2v) is 2.20. The second-order valence-electron chi connectivity index (χ2n) is 2.20. The van der Waals surface area contributed by atoms with Gasteiger partial charge >= 0.3 is 5.82 Å². The lowest BCUT2D eigenvalue weighted by Crippen LogP contribution is -2.34. The predicted octanol–water partition coefficient (Wildman–Crippen LogP) is 0.686. The van der Waals surface area contributed by atoms with Gasteiger partial charge in [-0.25, -0.2) is 4.98 Å². The van der Waals surface area contributed by atoms with Gasteiger partial charge < -0.3 is 0 Å². The maximum absolute atomic E-state index is 4.11. The summed E-state index contributed by atoms with van der Waals surface area (Å²) in [5.41, 5.74) is 0. The fourth-order valence-electron chi connectivity index (χ4n) is 0.936. The zero-order valence-electron chi connectivity index (χ0n) is 5.94. The number of hydrogen-bond donors (Lipinski definition) is 1. The van der Waals surface area contributed by atoms with E-state index in [4.69, 9.17) is 0 Å². The highest BCUT2D eigenvalue weighted by Gasteiger charge is 2.01. The summed E-state index contributed by atoms with van der Waals surface area (Å²) >= 11 is 0. The summed E-state index contributed by atoms with van der Waals surface area (Å²) in [6, 6.07) is 7.73. The topological polar surface area (TPSA) is 32.6 Å². The van der Waals surface area contributed by atoms with Crippen molar-refractivity contribution in [1.29, 1.82) is 0 Å². The van der Waals surface area contributed by atoms with E-state index in [1.165, 1.54) is 0 Å². The summed E-state index contributed by atoms with van der Waals surface area (Å²) in [6.45, 7) is 0. The van der Waals surface area contributed by atoms with Crippen molar-refractivity contribution in [2.24, 2.45) is 0 Å². The molecule has 0 bridgehead atoms. The third-order valence-corrected chi connectivity index (χ3v) is 1.44. The van der Waals surface area contributed by atoms with Crippen LogP contribution >= 0.6 is 0 Å². The van der Waals surface area contributed by atoms with Gasteiger partial charge in [-0.1, -0.05) is 5.10 Å². The highest BCUT2D eigenvalue weighted by molar-refractivity contribution is 5.09. The van der Waals surface area contributed by atoms with Crippen LogP contribution in [0.3, 0.4) is 0 Å². The molecule has 0 aliphatic heterocycles. The van der Waals surface area contributed by atoms with Crippen molar-refractivity contribution in [3.8, 4) is 5.82 Å². The van der Waals surface area contributed by atoms with E-state index in [1.807, 2.05) is 36.7 Å². The van der Waals surface area contributed by atoms with Crippen LogP contribution in [0.2, 0.25) is 0 Å². The first-order chi connectivity index (χ1) is 5.47. The third kappa shape index (κ3) is 1.12. The lowest BCUT2D eigenvalue weighted by Gasteiger charge is -1.88. The smallest absolute Gasteiger partial charge is 0.245 e. The highest BCUT2D eigenvalue weighted by atomic mass is 15.3. The molecule has 2 aromatic rings. The van der Waals surface area contributed by atoms with Gasteiger partial charge in [-0.2, -0.15) is 0 Å². The molecular formula is C8H8N3+. The van der Waals surface area contributed by atoms with Crippen LogP contribution in [-0.4, -0.2) is 10.1 Å². The zero-order chi connectivity index (χ0) is 7.52. The van der Waals surface area contributed by atoms with Gasteiger partial charge in [-0.05, 0) is 18.2 Å². The summed E-state index contributed by atoms with van der Waals surface area (Å²) < 4.78 is 1.78. The molecule has 3 nitrogen and oxygen atoms in total. The molecule has 0 spiro atoms. The maximum Gasteiger partial charge on any atom is 0.304 e. The van der Waals surface area contributed by atoms with E-state index in [1.54, 1.807) is 10.9 Å². The first-order valence-electron chi connectivity index (χ1n) is 3.43. The molecule has 0 fully saturated rings. The van der Waals surface area contributed by atoms with Gasteiger partial charge in [0.05, 0.1) is 12.4 Å². The molecule has 0 aromatic carbocycles. The number of rotatable bonds is 1. The van der Waals surface area contributed by atoms with E-state index in [-0.39, 0.29) is 0 Å². The molecule has 0 amide bonds. The Bertz CT molecular complexity index is 312. The Hall–Kier alpha value is -1.64. The minimum atomic E-state index is 0.977. The molecule has 1 N–H and O–H groups in total. The molecule has 0 atom stereocenters. The molecule has 11 heavy (non-hydrogen) atoms. The van der Waals surface area contributed by atoms with Crippen LogP contribution in [-0.2, 0) is 0 Å². The quantitative estimate of drug-likeness (QED) is 0.590. The van der Waals surface area contributed by atoms with Gasteiger partial charge in [-0.3, -0.25) is 0 Å². The van der Waals surface area contributed by atoms with Crippen molar-refractivity contribution < 1.29 is 4.68 Å². The van der Waals surface area contributed by atoms with Crippen LogP contribution in [0.4, 0.5) is 0 Å². The SMILES string of the molecule is c1cc[n+](-c2ccc[nH]2)nc1. The lowest BCUT2D eigenvalue weighted by molar-refractivity contribution is -0.663. The number of aromatic amines is 1. The summed E-state index contributed by atoms with van der Waals surface area (Å²) in [4.78, 5) is 3.05. The number of H-pyrrole nitrogens is 1. The van der Waals surface area contributed by atoms with Gasteiger partial charge in [0.2, 0.25) is 0 Å². The largest absolute Gasteiger partial charge is 0.304 e. The van der Waals surface area contributed by atoms with Crippen LogP contribution in [0, 0.1) is 0 Å². The second kappa shape index (κ2) is 2.54. The number of nitrogens with zero attached hydrogens (tertiary/aromatic N) is 2. The Morgan fingerprint density at radius 1 is 1.27 bits per heavy atom. The third-order valence-electron chi connectivity index (χ3n) is 1.44. The van der Waals surface area contributed by atoms with Crippen molar-refractivity contribution in [1.82, 2.24) is 10.1 Å². The fourth-order valence-corrected chi connectivity index (χ4v) is 0.936. The molecule has 2 heterocycles. The van der Waals surface area contributed by atoms with Crippen molar-refractivity contribution in [2.75, 3.05) is 0 Å². The van der Waals surface area contributed by atoms with Crippen molar-refractivity contribution in [3.05, 3.63) is 42.9 Å². The van der Waals surface area contributed by atoms with Crippen LogP contribution in [0.5, 0.6) is 0 Å². The average molecular weight is 146 g/mol. The molecular weight excluding hydrogens is 138 g/mol. The molecule has 2 aromatic heterocycles. The van der Waals surface area contributed by atoms with Crippen molar-refractivity contribution in [2.45, 2.75) is 0 Å². The van der Waals surface area contributed by atoms with Crippen molar-refractivity contribution >= 4 is 0 Å². The Labute approximate surface area is 64.3 Å². The predicted molar refractivity (Wildman–Crippen MR) is 40.1 cm³/mol. The maximum atomic E-state index is 4.11. The van der Waals surface area contributed by atoms with E-state index >= 15 is 0 Å². The number of nitrogens with one attached hydrogen (secondary N) is 1. The average Bonchev–Trinajstić information content (AvgIpc) is 2.58. The van der Waals surface area contributed by atoms with E-state index in [0.717, 1.165) is 5.82 Å². The van der Waals surface area contributed by atoms with Gasteiger partial charge in [0.1, 0.15) is 6.20 Å².